The van der Waals surface area contributed by atoms with Gasteiger partial charge in [0.15, 0.2) is 5.65 Å². The van der Waals surface area contributed by atoms with Crippen molar-refractivity contribution >= 4 is 56.0 Å². The molecule has 0 radical (unpaired) electrons. The SMILES string of the molecule is NC(=O)C1C2C=CC(C2)C1Nc1c(Br)cnc2[nH]c(-c3ccc(N4CCOCC4)c(Cl)c3)nc12. The third kappa shape index (κ3) is 3.66. The van der Waals surface area contributed by atoms with E-state index in [1.54, 1.807) is 6.20 Å². The zero-order valence-corrected chi connectivity index (χ0v) is 20.6. The molecule has 1 saturated heterocycles. The third-order valence-electron chi connectivity index (χ3n) is 7.14. The van der Waals surface area contributed by atoms with E-state index in [0.29, 0.717) is 35.2 Å². The lowest BCUT2D eigenvalue weighted by molar-refractivity contribution is -0.122. The van der Waals surface area contributed by atoms with Gasteiger partial charge in [0.05, 0.1) is 40.0 Å². The number of nitrogens with one attached hydrogen (secondary N) is 2. The molecule has 3 heterocycles. The molecule has 4 unspecified atom stereocenters. The Bertz CT molecular complexity index is 1300. The van der Waals surface area contributed by atoms with E-state index in [4.69, 9.17) is 27.1 Å². The number of aromatic amines is 1. The van der Waals surface area contributed by atoms with Crippen LogP contribution in [-0.4, -0.2) is 53.2 Å². The predicted octanol–water partition coefficient (Wildman–Crippen LogP) is 3.97. The van der Waals surface area contributed by atoms with Crippen LogP contribution in [0.5, 0.6) is 0 Å². The van der Waals surface area contributed by atoms with Crippen LogP contribution in [-0.2, 0) is 9.53 Å². The number of H-pyrrole nitrogens is 1. The minimum Gasteiger partial charge on any atom is -0.378 e. The molecule has 4 atom stereocenters. The standard InChI is InChI=1S/C24H24BrClN6O2/c25-15-11-28-24-21(20(15)29-19-13-2-1-12(9-13)18(19)22(27)33)30-23(31-24)14-3-4-17(16(26)10-14)32-5-7-34-8-6-32/h1-4,10-13,18-19H,5-9H2,(H2,27,33)(H2,28,29,30,31). The normalized spacial score (nSPS) is 25.9. The number of hydrogen-bond acceptors (Lipinski definition) is 6. The molecule has 176 valence electrons. The van der Waals surface area contributed by atoms with Crippen molar-refractivity contribution in [1.82, 2.24) is 15.0 Å². The zero-order chi connectivity index (χ0) is 23.4. The van der Waals surface area contributed by atoms with Crippen LogP contribution in [0.3, 0.4) is 0 Å². The summed E-state index contributed by atoms with van der Waals surface area (Å²) in [4.78, 5) is 27.1. The van der Waals surface area contributed by atoms with Crippen LogP contribution >= 0.6 is 27.5 Å². The molecule has 10 heteroatoms. The van der Waals surface area contributed by atoms with Gasteiger partial charge in [0.1, 0.15) is 11.3 Å². The molecule has 8 nitrogen and oxygen atoms in total. The van der Waals surface area contributed by atoms with Gasteiger partial charge in [-0.25, -0.2) is 9.97 Å². The Morgan fingerprint density at radius 1 is 1.26 bits per heavy atom. The number of nitrogens with zero attached hydrogens (tertiary/aromatic N) is 3. The van der Waals surface area contributed by atoms with Crippen LogP contribution < -0.4 is 16.0 Å². The zero-order valence-electron chi connectivity index (χ0n) is 18.3. The number of pyridine rings is 1. The van der Waals surface area contributed by atoms with Gasteiger partial charge in [-0.05, 0) is 52.4 Å². The maximum atomic E-state index is 12.2. The van der Waals surface area contributed by atoms with Gasteiger partial charge in [-0.3, -0.25) is 4.79 Å². The van der Waals surface area contributed by atoms with Gasteiger partial charge in [-0.15, -0.1) is 0 Å². The van der Waals surface area contributed by atoms with Crippen molar-refractivity contribution in [1.29, 1.82) is 0 Å². The number of amides is 1. The van der Waals surface area contributed by atoms with E-state index in [1.807, 2.05) is 18.2 Å². The van der Waals surface area contributed by atoms with E-state index in [2.05, 4.69) is 48.3 Å². The van der Waals surface area contributed by atoms with Crippen LogP contribution in [0, 0.1) is 17.8 Å². The molecular formula is C24H24BrClN6O2. The number of halogens is 2. The Labute approximate surface area is 210 Å². The molecule has 6 rings (SSSR count). The largest absolute Gasteiger partial charge is 0.378 e. The van der Waals surface area contributed by atoms with Crippen LogP contribution in [0.25, 0.3) is 22.6 Å². The number of carbonyl (C=O) groups is 1. The highest BCUT2D eigenvalue weighted by molar-refractivity contribution is 9.10. The molecule has 2 fully saturated rings. The first-order chi connectivity index (χ1) is 16.5. The summed E-state index contributed by atoms with van der Waals surface area (Å²) in [6.45, 7) is 3.04. The molecule has 1 saturated carbocycles. The summed E-state index contributed by atoms with van der Waals surface area (Å²) in [6, 6.07) is 5.89. The van der Waals surface area contributed by atoms with Gasteiger partial charge in [0.2, 0.25) is 5.91 Å². The summed E-state index contributed by atoms with van der Waals surface area (Å²) >= 11 is 10.3. The molecule has 3 aliphatic rings. The number of rotatable bonds is 5. The quantitative estimate of drug-likeness (QED) is 0.420. The Morgan fingerprint density at radius 2 is 2.06 bits per heavy atom. The van der Waals surface area contributed by atoms with Crippen molar-refractivity contribution in [2.75, 3.05) is 36.5 Å². The number of benzene rings is 1. The molecule has 1 aliphatic heterocycles. The van der Waals surface area contributed by atoms with Gasteiger partial charge < -0.3 is 25.7 Å². The van der Waals surface area contributed by atoms with E-state index in [0.717, 1.165) is 40.9 Å². The minimum atomic E-state index is -0.270. The number of carbonyl (C=O) groups excluding carboxylic acids is 1. The fourth-order valence-electron chi connectivity index (χ4n) is 5.49. The first kappa shape index (κ1) is 21.9. The van der Waals surface area contributed by atoms with E-state index in [-0.39, 0.29) is 29.7 Å². The molecule has 1 amide bonds. The molecule has 2 aromatic heterocycles. The predicted molar refractivity (Wildman–Crippen MR) is 136 cm³/mol. The van der Waals surface area contributed by atoms with Crippen molar-refractivity contribution in [3.8, 4) is 11.4 Å². The molecule has 0 spiro atoms. The lowest BCUT2D eigenvalue weighted by atomic mass is 9.88. The van der Waals surface area contributed by atoms with Crippen molar-refractivity contribution in [3.63, 3.8) is 0 Å². The highest BCUT2D eigenvalue weighted by Gasteiger charge is 2.47. The summed E-state index contributed by atoms with van der Waals surface area (Å²) in [6.07, 6.45) is 6.98. The molecule has 3 aromatic rings. The second-order valence-corrected chi connectivity index (χ2v) is 10.3. The Hall–Kier alpha value is -2.62. The van der Waals surface area contributed by atoms with Crippen LogP contribution in [0.4, 0.5) is 11.4 Å². The number of ether oxygens (including phenoxy) is 1. The number of imidazole rings is 1. The Kier molecular flexibility index (Phi) is 5.50. The Balaban J connectivity index is 1.34. The van der Waals surface area contributed by atoms with E-state index in [9.17, 15) is 4.79 Å². The first-order valence-corrected chi connectivity index (χ1v) is 12.6. The van der Waals surface area contributed by atoms with Crippen LogP contribution in [0.15, 0.2) is 41.0 Å². The number of anilines is 2. The second-order valence-electron chi connectivity index (χ2n) is 9.08. The molecule has 2 bridgehead atoms. The average Bonchev–Trinajstić information content (AvgIpc) is 3.56. The van der Waals surface area contributed by atoms with Crippen molar-refractivity contribution in [3.05, 3.63) is 46.0 Å². The number of allylic oxidation sites excluding steroid dienone is 1. The third-order valence-corrected chi connectivity index (χ3v) is 8.04. The number of fused-ring (bicyclic) bond motifs is 3. The van der Waals surface area contributed by atoms with Crippen LogP contribution in [0.1, 0.15) is 6.42 Å². The Morgan fingerprint density at radius 3 is 2.82 bits per heavy atom. The lowest BCUT2D eigenvalue weighted by Gasteiger charge is -2.29. The summed E-state index contributed by atoms with van der Waals surface area (Å²) in [5, 5.41) is 4.25. The highest BCUT2D eigenvalue weighted by atomic mass is 79.9. The van der Waals surface area contributed by atoms with Crippen LogP contribution in [0.2, 0.25) is 5.02 Å². The van der Waals surface area contributed by atoms with Crippen molar-refractivity contribution in [2.24, 2.45) is 23.5 Å². The van der Waals surface area contributed by atoms with Gasteiger partial charge in [-0.1, -0.05) is 23.8 Å². The van der Waals surface area contributed by atoms with Gasteiger partial charge >= 0.3 is 0 Å². The number of aromatic nitrogens is 3. The topological polar surface area (TPSA) is 109 Å². The van der Waals surface area contributed by atoms with Gasteiger partial charge in [0, 0.05) is 30.9 Å². The lowest BCUT2D eigenvalue weighted by Crippen LogP contribution is -2.41. The fourth-order valence-corrected chi connectivity index (χ4v) is 6.20. The fraction of sp³-hybridized carbons (Fsp3) is 0.375. The second kappa shape index (κ2) is 8.55. The highest BCUT2D eigenvalue weighted by Crippen LogP contribution is 2.46. The average molecular weight is 544 g/mol. The molecule has 1 aromatic carbocycles. The summed E-state index contributed by atoms with van der Waals surface area (Å²) < 4.78 is 6.23. The molecule has 2 aliphatic carbocycles. The minimum absolute atomic E-state index is 0.0724. The molecule has 4 N–H and O–H groups in total. The monoisotopic (exact) mass is 542 g/mol. The number of nitrogens with two attached hydrogens (primary N) is 1. The van der Waals surface area contributed by atoms with E-state index in [1.165, 1.54) is 0 Å². The van der Waals surface area contributed by atoms with E-state index < -0.39 is 0 Å². The molecule has 34 heavy (non-hydrogen) atoms. The summed E-state index contributed by atoms with van der Waals surface area (Å²) in [7, 11) is 0. The van der Waals surface area contributed by atoms with E-state index >= 15 is 0 Å². The van der Waals surface area contributed by atoms with Gasteiger partial charge in [-0.2, -0.15) is 0 Å². The van der Waals surface area contributed by atoms with Crippen molar-refractivity contribution < 1.29 is 9.53 Å². The number of primary amides is 1. The summed E-state index contributed by atoms with van der Waals surface area (Å²) in [5.41, 5.74) is 9.79. The van der Waals surface area contributed by atoms with Crippen molar-refractivity contribution in [2.45, 2.75) is 12.5 Å². The molecular weight excluding hydrogens is 520 g/mol. The van der Waals surface area contributed by atoms with Gasteiger partial charge in [0.25, 0.3) is 0 Å². The number of morpholine rings is 1. The number of hydrogen-bond donors (Lipinski definition) is 3. The maximum Gasteiger partial charge on any atom is 0.223 e. The smallest absolute Gasteiger partial charge is 0.223 e. The summed E-state index contributed by atoms with van der Waals surface area (Å²) in [5.74, 6) is 0.627. The first-order valence-electron chi connectivity index (χ1n) is 11.4. The maximum absolute atomic E-state index is 12.2.